The Morgan fingerprint density at radius 2 is 1.78 bits per heavy atom. The third-order valence-corrected chi connectivity index (χ3v) is 7.38. The number of hydrogen-bond acceptors (Lipinski definition) is 4. The van der Waals surface area contributed by atoms with Crippen LogP contribution in [0.25, 0.3) is 15.9 Å². The van der Waals surface area contributed by atoms with Gasteiger partial charge in [-0.25, -0.2) is 4.39 Å². The molecule has 2 heterocycles. The normalized spacial score (nSPS) is 10.9. The number of thiophene rings is 1. The highest BCUT2D eigenvalue weighted by Crippen LogP contribution is 2.31. The number of pyridine rings is 1. The van der Waals surface area contributed by atoms with Crippen molar-refractivity contribution in [2.24, 2.45) is 0 Å². The van der Waals surface area contributed by atoms with Gasteiger partial charge in [-0.3, -0.25) is 14.4 Å². The van der Waals surface area contributed by atoms with Crippen LogP contribution in [0.5, 0.6) is 0 Å². The van der Waals surface area contributed by atoms with E-state index in [0.717, 1.165) is 27.9 Å². The quantitative estimate of drug-likeness (QED) is 0.314. The van der Waals surface area contributed by atoms with Crippen molar-refractivity contribution in [3.05, 3.63) is 104 Å². The number of nitrogens with zero attached hydrogens (tertiary/aromatic N) is 1. The van der Waals surface area contributed by atoms with Gasteiger partial charge in [0.15, 0.2) is 5.43 Å². The fourth-order valence-electron chi connectivity index (χ4n) is 4.40. The van der Waals surface area contributed by atoms with Gasteiger partial charge in [0.05, 0.1) is 16.0 Å². The molecule has 190 valence electrons. The van der Waals surface area contributed by atoms with E-state index in [1.165, 1.54) is 29.5 Å². The lowest BCUT2D eigenvalue weighted by Gasteiger charge is -2.18. The van der Waals surface area contributed by atoms with E-state index in [9.17, 15) is 18.8 Å². The number of aromatic nitrogens is 1. The summed E-state index contributed by atoms with van der Waals surface area (Å²) in [5, 5.41) is 6.03. The molecule has 2 N–H and O–H groups in total. The maximum Gasteiger partial charge on any atom is 0.261 e. The molecule has 0 radical (unpaired) electrons. The molecule has 0 saturated heterocycles. The van der Waals surface area contributed by atoms with Crippen LogP contribution in [0.2, 0.25) is 0 Å². The summed E-state index contributed by atoms with van der Waals surface area (Å²) in [5.41, 5.74) is 5.25. The fraction of sp³-hybridized carbons (Fsp3) is 0.207. The van der Waals surface area contributed by atoms with Crippen LogP contribution in [0.4, 0.5) is 10.1 Å². The van der Waals surface area contributed by atoms with Crippen molar-refractivity contribution in [1.29, 1.82) is 0 Å². The number of carbonyl (C=O) groups excluding carboxylic acids is 2. The number of anilines is 1. The van der Waals surface area contributed by atoms with Crippen LogP contribution in [0.1, 0.15) is 44.4 Å². The molecular formula is C29H28FN3O3S. The van der Waals surface area contributed by atoms with Gasteiger partial charge in [0.25, 0.3) is 5.91 Å². The molecular weight excluding hydrogens is 489 g/mol. The van der Waals surface area contributed by atoms with Crippen LogP contribution < -0.4 is 16.1 Å². The fourth-order valence-corrected chi connectivity index (χ4v) is 5.46. The summed E-state index contributed by atoms with van der Waals surface area (Å²) in [4.78, 5) is 38.7. The number of nitrogens with one attached hydrogen (secondary N) is 2. The first-order chi connectivity index (χ1) is 17.6. The van der Waals surface area contributed by atoms with Crippen LogP contribution in [-0.4, -0.2) is 22.9 Å². The van der Waals surface area contributed by atoms with Gasteiger partial charge in [-0.05, 0) is 86.4 Å². The Labute approximate surface area is 218 Å². The molecule has 0 aliphatic rings. The van der Waals surface area contributed by atoms with E-state index in [4.69, 9.17) is 0 Å². The number of fused-ring (bicyclic) bond motifs is 1. The van der Waals surface area contributed by atoms with Crippen LogP contribution in [0, 0.1) is 26.6 Å². The zero-order valence-electron chi connectivity index (χ0n) is 21.2. The van der Waals surface area contributed by atoms with E-state index in [0.29, 0.717) is 39.3 Å². The maximum absolute atomic E-state index is 14.0. The average Bonchev–Trinajstić information content (AvgIpc) is 3.30. The Bertz CT molecular complexity index is 1590. The van der Waals surface area contributed by atoms with Crippen LogP contribution in [0.15, 0.2) is 60.0 Å². The number of amides is 2. The Hall–Kier alpha value is -4.04. The lowest BCUT2D eigenvalue weighted by atomic mass is 9.94. The van der Waals surface area contributed by atoms with Crippen molar-refractivity contribution in [1.82, 2.24) is 9.88 Å². The highest BCUT2D eigenvalue weighted by atomic mass is 32.1. The van der Waals surface area contributed by atoms with Crippen molar-refractivity contribution in [2.45, 2.75) is 34.1 Å². The second kappa shape index (κ2) is 10.5. The molecule has 2 aromatic carbocycles. The van der Waals surface area contributed by atoms with Gasteiger partial charge in [-0.15, -0.1) is 11.3 Å². The van der Waals surface area contributed by atoms with Crippen molar-refractivity contribution >= 4 is 39.1 Å². The minimum absolute atomic E-state index is 0.138. The molecule has 4 rings (SSSR count). The summed E-state index contributed by atoms with van der Waals surface area (Å²) in [6, 6.07) is 10.2. The second-order valence-corrected chi connectivity index (χ2v) is 9.96. The van der Waals surface area contributed by atoms with Gasteiger partial charge < -0.3 is 15.2 Å². The first-order valence-corrected chi connectivity index (χ1v) is 12.7. The largest absolute Gasteiger partial charge is 0.352 e. The van der Waals surface area contributed by atoms with E-state index in [1.807, 2.05) is 37.5 Å². The summed E-state index contributed by atoms with van der Waals surface area (Å²) >= 11 is 1.24. The molecule has 0 atom stereocenters. The Morgan fingerprint density at radius 3 is 2.43 bits per heavy atom. The van der Waals surface area contributed by atoms with Crippen LogP contribution in [-0.2, 0) is 11.2 Å². The van der Waals surface area contributed by atoms with Gasteiger partial charge in [0, 0.05) is 30.4 Å². The van der Waals surface area contributed by atoms with Crippen molar-refractivity contribution < 1.29 is 14.0 Å². The number of hydrogen-bond donors (Lipinski definition) is 2. The molecule has 4 aromatic rings. The van der Waals surface area contributed by atoms with Crippen LogP contribution in [0.3, 0.4) is 0 Å². The smallest absolute Gasteiger partial charge is 0.261 e. The van der Waals surface area contributed by atoms with Crippen molar-refractivity contribution in [3.63, 3.8) is 0 Å². The molecule has 8 heteroatoms. The summed E-state index contributed by atoms with van der Waals surface area (Å²) in [6.45, 7) is 11.3. The standard InChI is InChI=1S/C29H28FN3O3S/c1-6-26(34)32-21-9-8-19(12-22-16(3)10-20(30)11-17(22)4)24(13-21)33-15-18(5)27(35)23-14-25(37-29(23)33)28(36)31-7-2/h6,8-11,13-15H,1,7,12H2,2-5H3,(H,31,36)(H,32,34). The number of benzene rings is 2. The second-order valence-electron chi connectivity index (χ2n) is 8.93. The summed E-state index contributed by atoms with van der Waals surface area (Å²) < 4.78 is 15.9. The van der Waals surface area contributed by atoms with E-state index in [2.05, 4.69) is 17.2 Å². The molecule has 0 unspecified atom stereocenters. The first kappa shape index (κ1) is 26.0. The molecule has 2 amide bonds. The van der Waals surface area contributed by atoms with Gasteiger partial charge >= 0.3 is 0 Å². The highest BCUT2D eigenvalue weighted by Gasteiger charge is 2.19. The monoisotopic (exact) mass is 517 g/mol. The molecule has 0 saturated carbocycles. The minimum Gasteiger partial charge on any atom is -0.352 e. The third-order valence-electron chi connectivity index (χ3n) is 6.24. The summed E-state index contributed by atoms with van der Waals surface area (Å²) in [6.07, 6.45) is 3.45. The zero-order valence-corrected chi connectivity index (χ0v) is 22.0. The number of aryl methyl sites for hydroxylation is 3. The SMILES string of the molecule is C=CC(=O)Nc1ccc(Cc2c(C)cc(F)cc2C)c(-n2cc(C)c(=O)c3cc(C(=O)NCC)sc32)c1. The molecule has 0 fully saturated rings. The Kier molecular flexibility index (Phi) is 7.40. The van der Waals surface area contributed by atoms with E-state index < -0.39 is 0 Å². The zero-order chi connectivity index (χ0) is 26.9. The van der Waals surface area contributed by atoms with E-state index in [1.54, 1.807) is 25.3 Å². The predicted molar refractivity (Wildman–Crippen MR) is 148 cm³/mol. The number of rotatable bonds is 7. The Morgan fingerprint density at radius 1 is 1.08 bits per heavy atom. The molecule has 6 nitrogen and oxygen atoms in total. The summed E-state index contributed by atoms with van der Waals surface area (Å²) in [5.74, 6) is -0.868. The van der Waals surface area contributed by atoms with Gasteiger partial charge in [-0.2, -0.15) is 0 Å². The predicted octanol–water partition coefficient (Wildman–Crippen LogP) is 5.58. The lowest BCUT2D eigenvalue weighted by molar-refractivity contribution is -0.111. The van der Waals surface area contributed by atoms with Crippen molar-refractivity contribution in [3.8, 4) is 5.69 Å². The number of halogens is 1. The highest BCUT2D eigenvalue weighted by molar-refractivity contribution is 7.20. The van der Waals surface area contributed by atoms with E-state index >= 15 is 0 Å². The van der Waals surface area contributed by atoms with Gasteiger partial charge in [0.1, 0.15) is 10.6 Å². The van der Waals surface area contributed by atoms with Crippen LogP contribution >= 0.6 is 11.3 Å². The maximum atomic E-state index is 14.0. The molecule has 0 aliphatic heterocycles. The summed E-state index contributed by atoms with van der Waals surface area (Å²) in [7, 11) is 0. The minimum atomic E-state index is -0.347. The molecule has 37 heavy (non-hydrogen) atoms. The van der Waals surface area contributed by atoms with Crippen molar-refractivity contribution in [2.75, 3.05) is 11.9 Å². The topological polar surface area (TPSA) is 80.2 Å². The average molecular weight is 518 g/mol. The number of carbonyl (C=O) groups is 2. The Balaban J connectivity index is 1.97. The van der Waals surface area contributed by atoms with Gasteiger partial charge in [0.2, 0.25) is 5.91 Å². The molecule has 0 aliphatic carbocycles. The molecule has 2 aromatic heterocycles. The van der Waals surface area contributed by atoms with Gasteiger partial charge in [-0.1, -0.05) is 12.6 Å². The lowest BCUT2D eigenvalue weighted by Crippen LogP contribution is -2.21. The molecule has 0 bridgehead atoms. The first-order valence-electron chi connectivity index (χ1n) is 11.9. The van der Waals surface area contributed by atoms with E-state index in [-0.39, 0.29) is 23.1 Å². The molecule has 0 spiro atoms. The third kappa shape index (κ3) is 5.24.